The number of nitrogens with zero attached hydrogens (tertiary/aromatic N) is 2. The Kier molecular flexibility index (Phi) is 6.41. The number of rotatable bonds is 7. The Hall–Kier alpha value is -2.68. The molecule has 2 aromatic carbocycles. The molecule has 31 heavy (non-hydrogen) atoms. The molecule has 0 saturated carbocycles. The molecule has 1 aliphatic rings. The van der Waals surface area contributed by atoms with Crippen LogP contribution in [0.15, 0.2) is 65.7 Å². The highest BCUT2D eigenvalue weighted by atomic mass is 32.2. The zero-order chi connectivity index (χ0) is 21.8. The van der Waals surface area contributed by atoms with Crippen molar-refractivity contribution in [3.05, 3.63) is 60.8 Å². The quantitative estimate of drug-likeness (QED) is 0.610. The lowest BCUT2D eigenvalue weighted by molar-refractivity contribution is -0.120. The van der Waals surface area contributed by atoms with Gasteiger partial charge in [-0.05, 0) is 43.2 Å². The number of methoxy groups -OCH3 is 1. The van der Waals surface area contributed by atoms with Gasteiger partial charge < -0.3 is 14.6 Å². The Morgan fingerprint density at radius 3 is 2.52 bits per heavy atom. The van der Waals surface area contributed by atoms with E-state index in [9.17, 15) is 13.2 Å². The minimum absolute atomic E-state index is 0.0612. The number of hydrogen-bond acceptors (Lipinski definition) is 4. The number of benzene rings is 2. The molecule has 0 aliphatic carbocycles. The molecule has 3 aromatic rings. The molecular formula is C23H27N3O4S. The Morgan fingerprint density at radius 1 is 1.06 bits per heavy atom. The summed E-state index contributed by atoms with van der Waals surface area (Å²) in [6, 6.07) is 16.3. The van der Waals surface area contributed by atoms with Gasteiger partial charge in [0.05, 0.1) is 22.7 Å². The summed E-state index contributed by atoms with van der Waals surface area (Å²) in [7, 11) is -1.84. The number of amides is 1. The van der Waals surface area contributed by atoms with Crippen LogP contribution >= 0.6 is 0 Å². The van der Waals surface area contributed by atoms with E-state index in [1.807, 2.05) is 30.5 Å². The molecule has 164 valence electrons. The average molecular weight is 442 g/mol. The number of sulfonamides is 1. The van der Waals surface area contributed by atoms with E-state index in [2.05, 4.69) is 9.88 Å². The van der Waals surface area contributed by atoms with Gasteiger partial charge in [-0.3, -0.25) is 4.79 Å². The van der Waals surface area contributed by atoms with Crippen LogP contribution < -0.4 is 5.32 Å². The fraction of sp³-hybridized carbons (Fsp3) is 0.348. The van der Waals surface area contributed by atoms with E-state index in [0.29, 0.717) is 37.4 Å². The van der Waals surface area contributed by atoms with Crippen LogP contribution in [-0.2, 0) is 26.1 Å². The number of carbonyl (C=O) groups is 1. The van der Waals surface area contributed by atoms with Gasteiger partial charge in [0.1, 0.15) is 0 Å². The molecule has 1 amide bonds. The summed E-state index contributed by atoms with van der Waals surface area (Å²) < 4.78 is 34.3. The SMILES string of the molecule is COCCn1ccc2c(NC(=O)C3CCN(S(=O)(=O)c4ccccc4)CC3)cccc21. The summed E-state index contributed by atoms with van der Waals surface area (Å²) in [6.45, 7) is 2.04. The maximum Gasteiger partial charge on any atom is 0.243 e. The molecule has 0 radical (unpaired) electrons. The lowest BCUT2D eigenvalue weighted by atomic mass is 9.97. The van der Waals surface area contributed by atoms with Gasteiger partial charge in [0.25, 0.3) is 0 Å². The van der Waals surface area contributed by atoms with Crippen LogP contribution in [-0.4, -0.2) is 50.0 Å². The minimum atomic E-state index is -3.52. The van der Waals surface area contributed by atoms with E-state index in [1.54, 1.807) is 37.4 Å². The lowest BCUT2D eigenvalue weighted by Gasteiger charge is -2.30. The molecule has 0 spiro atoms. The van der Waals surface area contributed by atoms with E-state index >= 15 is 0 Å². The second kappa shape index (κ2) is 9.21. The standard InChI is InChI=1S/C23H27N3O4S/c1-30-17-16-25-13-12-20-21(8-5-9-22(20)25)24-23(27)18-10-14-26(15-11-18)31(28,29)19-6-3-2-4-7-19/h2-9,12-13,18H,10-11,14-17H2,1H3,(H,24,27). The number of anilines is 1. The van der Waals surface area contributed by atoms with Crippen molar-refractivity contribution in [3.63, 3.8) is 0 Å². The molecule has 1 fully saturated rings. The van der Waals surface area contributed by atoms with Gasteiger partial charge in [-0.2, -0.15) is 4.31 Å². The topological polar surface area (TPSA) is 80.6 Å². The number of aromatic nitrogens is 1. The smallest absolute Gasteiger partial charge is 0.243 e. The summed E-state index contributed by atoms with van der Waals surface area (Å²) in [5.41, 5.74) is 1.82. The van der Waals surface area contributed by atoms with Crippen LogP contribution in [0, 0.1) is 5.92 Å². The molecule has 4 rings (SSSR count). The number of carbonyl (C=O) groups excluding carboxylic acids is 1. The fourth-order valence-corrected chi connectivity index (χ4v) is 5.54. The Bertz CT molecular complexity index is 1150. The number of hydrogen-bond donors (Lipinski definition) is 1. The normalized spacial score (nSPS) is 15.9. The van der Waals surface area contributed by atoms with E-state index in [0.717, 1.165) is 23.1 Å². The van der Waals surface area contributed by atoms with Crippen LogP contribution in [0.5, 0.6) is 0 Å². The molecule has 7 nitrogen and oxygen atoms in total. The third-order valence-electron chi connectivity index (χ3n) is 5.81. The van der Waals surface area contributed by atoms with Crippen molar-refractivity contribution in [2.75, 3.05) is 32.1 Å². The first-order valence-electron chi connectivity index (χ1n) is 10.4. The van der Waals surface area contributed by atoms with Crippen LogP contribution in [0.2, 0.25) is 0 Å². The van der Waals surface area contributed by atoms with Crippen LogP contribution in [0.3, 0.4) is 0 Å². The van der Waals surface area contributed by atoms with Crippen molar-refractivity contribution in [2.24, 2.45) is 5.92 Å². The Labute approximate surface area is 182 Å². The Balaban J connectivity index is 1.41. The van der Waals surface area contributed by atoms with E-state index in [-0.39, 0.29) is 11.8 Å². The molecule has 8 heteroatoms. The second-order valence-electron chi connectivity index (χ2n) is 7.72. The van der Waals surface area contributed by atoms with Gasteiger partial charge in [-0.1, -0.05) is 24.3 Å². The van der Waals surface area contributed by atoms with E-state index in [4.69, 9.17) is 4.74 Å². The summed E-state index contributed by atoms with van der Waals surface area (Å²) >= 11 is 0. The van der Waals surface area contributed by atoms with E-state index < -0.39 is 10.0 Å². The van der Waals surface area contributed by atoms with Gasteiger partial charge in [0.15, 0.2) is 0 Å². The molecule has 1 aliphatic heterocycles. The average Bonchev–Trinajstić information content (AvgIpc) is 3.22. The van der Waals surface area contributed by atoms with Crippen LogP contribution in [0.25, 0.3) is 10.9 Å². The summed E-state index contributed by atoms with van der Waals surface area (Å²) in [5, 5.41) is 4.04. The lowest BCUT2D eigenvalue weighted by Crippen LogP contribution is -2.41. The Morgan fingerprint density at radius 2 is 1.81 bits per heavy atom. The maximum absolute atomic E-state index is 12.9. The summed E-state index contributed by atoms with van der Waals surface area (Å²) in [5.74, 6) is -0.276. The highest BCUT2D eigenvalue weighted by Crippen LogP contribution is 2.28. The third kappa shape index (κ3) is 4.51. The largest absolute Gasteiger partial charge is 0.383 e. The molecule has 1 N–H and O–H groups in total. The van der Waals surface area contributed by atoms with Crippen molar-refractivity contribution in [2.45, 2.75) is 24.3 Å². The van der Waals surface area contributed by atoms with Gasteiger partial charge in [-0.25, -0.2) is 8.42 Å². The molecule has 1 aromatic heterocycles. The predicted molar refractivity (Wildman–Crippen MR) is 120 cm³/mol. The van der Waals surface area contributed by atoms with Gasteiger partial charge in [0, 0.05) is 44.2 Å². The molecule has 0 atom stereocenters. The molecule has 2 heterocycles. The van der Waals surface area contributed by atoms with Crippen molar-refractivity contribution in [1.29, 1.82) is 0 Å². The van der Waals surface area contributed by atoms with Crippen LogP contribution in [0.4, 0.5) is 5.69 Å². The molecular weight excluding hydrogens is 414 g/mol. The fourth-order valence-electron chi connectivity index (χ4n) is 4.05. The second-order valence-corrected chi connectivity index (χ2v) is 9.66. The van der Waals surface area contributed by atoms with E-state index in [1.165, 1.54) is 4.31 Å². The van der Waals surface area contributed by atoms with Crippen molar-refractivity contribution in [1.82, 2.24) is 8.87 Å². The highest BCUT2D eigenvalue weighted by Gasteiger charge is 2.32. The minimum Gasteiger partial charge on any atom is -0.383 e. The van der Waals surface area contributed by atoms with Crippen molar-refractivity contribution < 1.29 is 17.9 Å². The summed E-state index contributed by atoms with van der Waals surface area (Å²) in [6.07, 6.45) is 3.00. The zero-order valence-electron chi connectivity index (χ0n) is 17.5. The third-order valence-corrected chi connectivity index (χ3v) is 7.73. The number of nitrogens with one attached hydrogen (secondary N) is 1. The number of piperidine rings is 1. The van der Waals surface area contributed by atoms with Crippen molar-refractivity contribution >= 4 is 32.5 Å². The van der Waals surface area contributed by atoms with Crippen molar-refractivity contribution in [3.8, 4) is 0 Å². The molecule has 0 bridgehead atoms. The van der Waals surface area contributed by atoms with Gasteiger partial charge in [0.2, 0.25) is 15.9 Å². The highest BCUT2D eigenvalue weighted by molar-refractivity contribution is 7.89. The van der Waals surface area contributed by atoms with Gasteiger partial charge >= 0.3 is 0 Å². The zero-order valence-corrected chi connectivity index (χ0v) is 18.3. The predicted octanol–water partition coefficient (Wildman–Crippen LogP) is 3.33. The maximum atomic E-state index is 12.9. The number of ether oxygens (including phenoxy) is 1. The molecule has 1 saturated heterocycles. The number of fused-ring (bicyclic) bond motifs is 1. The molecule has 0 unspecified atom stereocenters. The first-order valence-corrected chi connectivity index (χ1v) is 11.9. The van der Waals surface area contributed by atoms with Gasteiger partial charge in [-0.15, -0.1) is 0 Å². The van der Waals surface area contributed by atoms with Crippen LogP contribution in [0.1, 0.15) is 12.8 Å². The first-order chi connectivity index (χ1) is 15.0. The monoisotopic (exact) mass is 441 g/mol. The summed E-state index contributed by atoms with van der Waals surface area (Å²) in [4.78, 5) is 13.2. The first kappa shape index (κ1) is 21.5.